The van der Waals surface area contributed by atoms with Gasteiger partial charge in [-0.05, 0) is 126 Å². The first-order valence-electron chi connectivity index (χ1n) is 19.2. The van der Waals surface area contributed by atoms with Crippen LogP contribution in [0.5, 0.6) is 0 Å². The van der Waals surface area contributed by atoms with Crippen molar-refractivity contribution >= 4 is 80.9 Å². The van der Waals surface area contributed by atoms with E-state index in [1.54, 1.807) is 0 Å². The van der Waals surface area contributed by atoms with E-state index in [2.05, 4.69) is 217 Å². The first-order valence-corrected chi connectivity index (χ1v) is 20.0. The third-order valence-corrected chi connectivity index (χ3v) is 12.3. The van der Waals surface area contributed by atoms with Crippen LogP contribution in [0.3, 0.4) is 0 Å². The van der Waals surface area contributed by atoms with Crippen LogP contribution in [0.1, 0.15) is 0 Å². The van der Waals surface area contributed by atoms with Gasteiger partial charge in [0.25, 0.3) is 0 Å². The number of fused-ring (bicyclic) bond motifs is 7. The summed E-state index contributed by atoms with van der Waals surface area (Å²) in [5.41, 5.74) is 10.6. The van der Waals surface area contributed by atoms with Crippen LogP contribution in [0.2, 0.25) is 0 Å². The molecule has 11 aromatic rings. The normalized spacial score (nSPS) is 11.6. The smallest absolute Gasteiger partial charge is 0.0467 e. The summed E-state index contributed by atoms with van der Waals surface area (Å²) in [5, 5.41) is 10.3. The number of rotatable bonds is 6. The third kappa shape index (κ3) is 5.62. The second kappa shape index (κ2) is 13.4. The predicted molar refractivity (Wildman–Crippen MR) is 243 cm³/mol. The van der Waals surface area contributed by atoms with Gasteiger partial charge in [-0.15, -0.1) is 11.3 Å². The van der Waals surface area contributed by atoms with E-state index >= 15 is 0 Å². The van der Waals surface area contributed by atoms with Gasteiger partial charge in [-0.3, -0.25) is 0 Å². The average Bonchev–Trinajstić information content (AvgIpc) is 3.64. The van der Waals surface area contributed by atoms with Crippen molar-refractivity contribution in [3.05, 3.63) is 212 Å². The van der Waals surface area contributed by atoms with Crippen molar-refractivity contribution in [3.63, 3.8) is 0 Å². The monoisotopic (exact) mass is 729 g/mol. The van der Waals surface area contributed by atoms with Crippen LogP contribution < -0.4 is 4.90 Å². The Bertz CT molecular complexity index is 3230. The summed E-state index contributed by atoms with van der Waals surface area (Å²) in [4.78, 5) is 2.37. The van der Waals surface area contributed by atoms with Gasteiger partial charge in [0.05, 0.1) is 0 Å². The maximum atomic E-state index is 2.37. The number of benzene rings is 10. The van der Waals surface area contributed by atoms with E-state index in [4.69, 9.17) is 0 Å². The predicted octanol–water partition coefficient (Wildman–Crippen LogP) is 16.0. The van der Waals surface area contributed by atoms with Gasteiger partial charge in [0.1, 0.15) is 0 Å². The summed E-state index contributed by atoms with van der Waals surface area (Å²) < 4.78 is 2.64. The van der Waals surface area contributed by atoms with Crippen molar-refractivity contribution in [1.29, 1.82) is 0 Å². The first kappa shape index (κ1) is 32.4. The zero-order valence-corrected chi connectivity index (χ0v) is 31.4. The van der Waals surface area contributed by atoms with Crippen LogP contribution in [0.4, 0.5) is 17.1 Å². The highest BCUT2D eigenvalue weighted by Crippen LogP contribution is 2.43. The summed E-state index contributed by atoms with van der Waals surface area (Å²) in [6, 6.07) is 77.7. The highest BCUT2D eigenvalue weighted by molar-refractivity contribution is 7.26. The van der Waals surface area contributed by atoms with Crippen molar-refractivity contribution in [2.75, 3.05) is 4.90 Å². The Morgan fingerprint density at radius 3 is 1.68 bits per heavy atom. The quantitative estimate of drug-likeness (QED) is 0.154. The van der Waals surface area contributed by atoms with E-state index in [-0.39, 0.29) is 0 Å². The topological polar surface area (TPSA) is 3.24 Å². The van der Waals surface area contributed by atoms with Gasteiger partial charge in [-0.1, -0.05) is 152 Å². The van der Waals surface area contributed by atoms with E-state index in [1.165, 1.54) is 85.9 Å². The Hall–Kier alpha value is -7.00. The fourth-order valence-corrected chi connectivity index (χ4v) is 9.60. The lowest BCUT2D eigenvalue weighted by atomic mass is 9.97. The van der Waals surface area contributed by atoms with Gasteiger partial charge in [0.15, 0.2) is 0 Å². The molecule has 2 heteroatoms. The first-order chi connectivity index (χ1) is 27.7. The van der Waals surface area contributed by atoms with E-state index in [0.717, 1.165) is 17.1 Å². The van der Waals surface area contributed by atoms with E-state index in [1.807, 2.05) is 11.3 Å². The fraction of sp³-hybridized carbons (Fsp3) is 0. The fourth-order valence-electron chi connectivity index (χ4n) is 8.44. The molecule has 0 saturated heterocycles. The Morgan fingerprint density at radius 1 is 0.286 bits per heavy atom. The molecule has 0 bridgehead atoms. The molecule has 0 aliphatic heterocycles. The molecule has 1 aromatic heterocycles. The molecule has 0 aliphatic carbocycles. The molecule has 0 aliphatic rings. The Kier molecular flexibility index (Phi) is 7.75. The number of nitrogens with zero attached hydrogens (tertiary/aromatic N) is 1. The number of hydrogen-bond acceptors (Lipinski definition) is 2. The minimum atomic E-state index is 1.11. The van der Waals surface area contributed by atoms with E-state index in [0.29, 0.717) is 0 Å². The molecular weight excluding hydrogens is 695 g/mol. The minimum absolute atomic E-state index is 1.11. The summed E-state index contributed by atoms with van der Waals surface area (Å²) >= 11 is 1.88. The number of hydrogen-bond donors (Lipinski definition) is 0. The molecule has 0 radical (unpaired) electrons. The van der Waals surface area contributed by atoms with Gasteiger partial charge < -0.3 is 4.90 Å². The van der Waals surface area contributed by atoms with Crippen molar-refractivity contribution < 1.29 is 0 Å². The number of thiophene rings is 1. The zero-order valence-electron chi connectivity index (χ0n) is 30.6. The minimum Gasteiger partial charge on any atom is -0.310 e. The molecule has 10 aromatic carbocycles. The molecular formula is C54H35NS. The van der Waals surface area contributed by atoms with Gasteiger partial charge in [-0.25, -0.2) is 0 Å². The Labute approximate surface area is 330 Å². The molecule has 0 unspecified atom stereocenters. The molecule has 56 heavy (non-hydrogen) atoms. The molecule has 0 amide bonds. The maximum Gasteiger partial charge on any atom is 0.0467 e. The lowest BCUT2D eigenvalue weighted by Gasteiger charge is -2.26. The van der Waals surface area contributed by atoms with Gasteiger partial charge >= 0.3 is 0 Å². The van der Waals surface area contributed by atoms with Gasteiger partial charge in [0.2, 0.25) is 0 Å². The SMILES string of the molecule is c1ccc(-c2cccc(N(c3ccc(-c4ccc5c(ccc6ccccc65)c4)cc3)c3ccc(-c4cccc5sc6cc7ccccc7cc6c45)cc3)c2)cc1. The molecule has 0 saturated carbocycles. The lowest BCUT2D eigenvalue weighted by Crippen LogP contribution is -2.10. The molecule has 0 atom stereocenters. The molecule has 0 spiro atoms. The van der Waals surface area contributed by atoms with Crippen molar-refractivity contribution in [3.8, 4) is 33.4 Å². The van der Waals surface area contributed by atoms with Gasteiger partial charge in [-0.2, -0.15) is 0 Å². The molecule has 1 nitrogen and oxygen atoms in total. The highest BCUT2D eigenvalue weighted by atomic mass is 32.1. The molecule has 11 rings (SSSR count). The number of anilines is 3. The summed E-state index contributed by atoms with van der Waals surface area (Å²) in [6.07, 6.45) is 0. The molecule has 0 fully saturated rings. The largest absolute Gasteiger partial charge is 0.310 e. The molecule has 0 N–H and O–H groups in total. The van der Waals surface area contributed by atoms with Crippen LogP contribution in [-0.2, 0) is 0 Å². The van der Waals surface area contributed by atoms with Crippen molar-refractivity contribution in [2.45, 2.75) is 0 Å². The summed E-state index contributed by atoms with van der Waals surface area (Å²) in [6.45, 7) is 0. The Balaban J connectivity index is 0.999. The summed E-state index contributed by atoms with van der Waals surface area (Å²) in [5.74, 6) is 0. The van der Waals surface area contributed by atoms with Crippen LogP contribution in [0.25, 0.3) is 85.9 Å². The van der Waals surface area contributed by atoms with Crippen molar-refractivity contribution in [1.82, 2.24) is 0 Å². The molecule has 262 valence electrons. The second-order valence-corrected chi connectivity index (χ2v) is 15.6. The van der Waals surface area contributed by atoms with Crippen molar-refractivity contribution in [2.24, 2.45) is 0 Å². The maximum absolute atomic E-state index is 2.37. The molecule has 1 heterocycles. The average molecular weight is 730 g/mol. The van der Waals surface area contributed by atoms with Crippen LogP contribution >= 0.6 is 11.3 Å². The van der Waals surface area contributed by atoms with Crippen LogP contribution in [0, 0.1) is 0 Å². The van der Waals surface area contributed by atoms with E-state index in [9.17, 15) is 0 Å². The second-order valence-electron chi connectivity index (χ2n) is 14.5. The highest BCUT2D eigenvalue weighted by Gasteiger charge is 2.17. The standard InChI is InChI=1S/C54H35NS/c1-2-10-36(11-3-1)40-15-8-16-47(33-40)55(45-27-22-37(23-28-45)43-26-31-49-44(32-43)21-20-38-12-6-7-17-48(38)49)46-29-24-39(25-30-46)50-18-9-19-52-54(50)51-34-41-13-4-5-14-42(41)35-53(51)56-52/h1-35H. The third-order valence-electron chi connectivity index (χ3n) is 11.2. The Morgan fingerprint density at radius 2 is 0.875 bits per heavy atom. The van der Waals surface area contributed by atoms with Crippen LogP contribution in [0.15, 0.2) is 212 Å². The lowest BCUT2D eigenvalue weighted by molar-refractivity contribution is 1.28. The van der Waals surface area contributed by atoms with Crippen LogP contribution in [-0.4, -0.2) is 0 Å². The van der Waals surface area contributed by atoms with E-state index < -0.39 is 0 Å². The van der Waals surface area contributed by atoms with Gasteiger partial charge in [0, 0.05) is 37.2 Å². The summed E-state index contributed by atoms with van der Waals surface area (Å²) in [7, 11) is 0. The zero-order chi connectivity index (χ0) is 37.0.